The predicted octanol–water partition coefficient (Wildman–Crippen LogP) is 2.14. The minimum Gasteiger partial charge on any atom is -0.338 e. The van der Waals surface area contributed by atoms with Gasteiger partial charge < -0.3 is 9.84 Å². The number of nitrogens with one attached hydrogen (secondary N) is 1. The molecule has 84 valence electrons. The summed E-state index contributed by atoms with van der Waals surface area (Å²) in [5, 5.41) is 7.94. The second-order valence-corrected chi connectivity index (χ2v) is 5.62. The van der Waals surface area contributed by atoms with Gasteiger partial charge in [0.25, 0.3) is 0 Å². The maximum Gasteiger partial charge on any atom is 0.243 e. The van der Waals surface area contributed by atoms with Crippen molar-refractivity contribution in [3.8, 4) is 0 Å². The van der Waals surface area contributed by atoms with Crippen molar-refractivity contribution in [3.63, 3.8) is 0 Å². The molecule has 1 aromatic heterocycles. The average Bonchev–Trinajstić information content (AvgIpc) is 2.85. The van der Waals surface area contributed by atoms with E-state index < -0.39 is 0 Å². The Kier molecular flexibility index (Phi) is 3.64. The van der Waals surface area contributed by atoms with Crippen LogP contribution in [0, 0.1) is 0 Å². The zero-order chi connectivity index (χ0) is 10.7. The van der Waals surface area contributed by atoms with E-state index in [1.807, 2.05) is 11.8 Å². The van der Waals surface area contributed by atoms with Crippen molar-refractivity contribution in [2.75, 3.05) is 6.54 Å². The Labute approximate surface area is 94.2 Å². The predicted molar refractivity (Wildman–Crippen MR) is 60.7 cm³/mol. The second kappa shape index (κ2) is 4.99. The van der Waals surface area contributed by atoms with Crippen molar-refractivity contribution >= 4 is 11.8 Å². The van der Waals surface area contributed by atoms with Gasteiger partial charge in [-0.2, -0.15) is 16.7 Å². The SMILES string of the molecule is CC(C)SCc1noc([C@H]2CCCN2)n1. The molecular formula is C10H17N3OS. The number of thioether (sulfide) groups is 1. The van der Waals surface area contributed by atoms with Crippen LogP contribution in [0.3, 0.4) is 0 Å². The molecule has 2 heterocycles. The first-order valence-corrected chi connectivity index (χ1v) is 6.48. The lowest BCUT2D eigenvalue weighted by Gasteiger charge is -2.01. The molecule has 0 saturated carbocycles. The van der Waals surface area contributed by atoms with Gasteiger partial charge in [-0.25, -0.2) is 0 Å². The molecule has 2 rings (SSSR count). The summed E-state index contributed by atoms with van der Waals surface area (Å²) in [4.78, 5) is 4.40. The van der Waals surface area contributed by atoms with Crippen LogP contribution in [0.2, 0.25) is 0 Å². The van der Waals surface area contributed by atoms with E-state index in [2.05, 4.69) is 29.3 Å². The maximum atomic E-state index is 5.24. The molecule has 1 aromatic rings. The molecule has 1 aliphatic rings. The van der Waals surface area contributed by atoms with Crippen molar-refractivity contribution in [2.45, 2.75) is 43.7 Å². The van der Waals surface area contributed by atoms with E-state index in [0.29, 0.717) is 5.25 Å². The number of aromatic nitrogens is 2. The van der Waals surface area contributed by atoms with Crippen LogP contribution in [-0.4, -0.2) is 21.9 Å². The lowest BCUT2D eigenvalue weighted by Crippen LogP contribution is -2.13. The lowest BCUT2D eigenvalue weighted by molar-refractivity contribution is 0.342. The fraction of sp³-hybridized carbons (Fsp3) is 0.800. The zero-order valence-electron chi connectivity index (χ0n) is 9.19. The smallest absolute Gasteiger partial charge is 0.243 e. The van der Waals surface area contributed by atoms with Gasteiger partial charge in [-0.1, -0.05) is 19.0 Å². The van der Waals surface area contributed by atoms with Gasteiger partial charge in [0.1, 0.15) is 0 Å². The minimum atomic E-state index is 0.287. The van der Waals surface area contributed by atoms with Crippen LogP contribution in [0.4, 0.5) is 0 Å². The van der Waals surface area contributed by atoms with Crippen molar-refractivity contribution in [3.05, 3.63) is 11.7 Å². The first-order chi connectivity index (χ1) is 7.25. The highest BCUT2D eigenvalue weighted by Gasteiger charge is 2.22. The standard InChI is InChI=1S/C10H17N3OS/c1-7(2)15-6-9-12-10(14-13-9)8-4-3-5-11-8/h7-8,11H,3-6H2,1-2H3/t8-/m1/s1. The molecule has 1 atom stereocenters. The van der Waals surface area contributed by atoms with E-state index >= 15 is 0 Å². The molecule has 0 spiro atoms. The molecule has 4 nitrogen and oxygen atoms in total. The molecular weight excluding hydrogens is 210 g/mol. The lowest BCUT2D eigenvalue weighted by atomic mass is 10.2. The van der Waals surface area contributed by atoms with Crippen molar-refractivity contribution in [1.82, 2.24) is 15.5 Å². The van der Waals surface area contributed by atoms with Crippen LogP contribution in [0.25, 0.3) is 0 Å². The summed E-state index contributed by atoms with van der Waals surface area (Å²) in [5.41, 5.74) is 0. The topological polar surface area (TPSA) is 51.0 Å². The highest BCUT2D eigenvalue weighted by Crippen LogP contribution is 2.22. The third-order valence-corrected chi connectivity index (χ3v) is 3.48. The van der Waals surface area contributed by atoms with Gasteiger partial charge in [0, 0.05) is 0 Å². The third-order valence-electron chi connectivity index (χ3n) is 2.39. The van der Waals surface area contributed by atoms with Gasteiger partial charge in [-0.05, 0) is 24.6 Å². The summed E-state index contributed by atoms with van der Waals surface area (Å²) >= 11 is 1.83. The number of rotatable bonds is 4. The fourth-order valence-corrected chi connectivity index (χ4v) is 2.20. The minimum absolute atomic E-state index is 0.287. The van der Waals surface area contributed by atoms with Gasteiger partial charge in [-0.3, -0.25) is 0 Å². The molecule has 1 fully saturated rings. The van der Waals surface area contributed by atoms with Gasteiger partial charge >= 0.3 is 0 Å². The summed E-state index contributed by atoms with van der Waals surface area (Å²) in [6.45, 7) is 5.40. The van der Waals surface area contributed by atoms with E-state index in [1.54, 1.807) is 0 Å². The quantitative estimate of drug-likeness (QED) is 0.854. The average molecular weight is 227 g/mol. The van der Waals surface area contributed by atoms with Crippen LogP contribution in [-0.2, 0) is 5.75 Å². The Bertz CT molecular complexity index is 307. The molecule has 1 aliphatic heterocycles. The van der Waals surface area contributed by atoms with Crippen molar-refractivity contribution in [2.24, 2.45) is 0 Å². The van der Waals surface area contributed by atoms with E-state index in [0.717, 1.165) is 30.4 Å². The molecule has 15 heavy (non-hydrogen) atoms. The highest BCUT2D eigenvalue weighted by atomic mass is 32.2. The molecule has 0 unspecified atom stereocenters. The molecule has 1 N–H and O–H groups in total. The van der Waals surface area contributed by atoms with Crippen LogP contribution < -0.4 is 5.32 Å². The Morgan fingerprint density at radius 1 is 1.60 bits per heavy atom. The van der Waals surface area contributed by atoms with Gasteiger partial charge in [0.05, 0.1) is 11.8 Å². The van der Waals surface area contributed by atoms with Gasteiger partial charge in [-0.15, -0.1) is 0 Å². The molecule has 0 bridgehead atoms. The summed E-state index contributed by atoms with van der Waals surface area (Å²) < 4.78 is 5.24. The Morgan fingerprint density at radius 2 is 2.47 bits per heavy atom. The summed E-state index contributed by atoms with van der Waals surface area (Å²) in [6.07, 6.45) is 2.31. The molecule has 0 amide bonds. The number of hydrogen-bond acceptors (Lipinski definition) is 5. The fourth-order valence-electron chi connectivity index (χ4n) is 1.60. The van der Waals surface area contributed by atoms with Crippen molar-refractivity contribution < 1.29 is 4.52 Å². The van der Waals surface area contributed by atoms with Crippen molar-refractivity contribution in [1.29, 1.82) is 0 Å². The molecule has 0 aromatic carbocycles. The van der Waals surface area contributed by atoms with Gasteiger partial charge in [0.2, 0.25) is 5.89 Å². The van der Waals surface area contributed by atoms with E-state index in [9.17, 15) is 0 Å². The van der Waals surface area contributed by atoms with Crippen LogP contribution >= 0.6 is 11.8 Å². The Hall–Kier alpha value is -0.550. The molecule has 0 radical (unpaired) electrons. The normalized spacial score (nSPS) is 21.4. The molecule has 0 aliphatic carbocycles. The highest BCUT2D eigenvalue weighted by molar-refractivity contribution is 7.99. The zero-order valence-corrected chi connectivity index (χ0v) is 10.0. The third kappa shape index (κ3) is 2.95. The maximum absolute atomic E-state index is 5.24. The monoisotopic (exact) mass is 227 g/mol. The second-order valence-electron chi connectivity index (χ2n) is 4.06. The summed E-state index contributed by atoms with van der Waals surface area (Å²) in [6, 6.07) is 0.287. The van der Waals surface area contributed by atoms with E-state index in [-0.39, 0.29) is 6.04 Å². The summed E-state index contributed by atoms with van der Waals surface area (Å²) in [7, 11) is 0. The van der Waals surface area contributed by atoms with E-state index in [4.69, 9.17) is 4.52 Å². The Balaban J connectivity index is 1.91. The molecule has 1 saturated heterocycles. The first-order valence-electron chi connectivity index (χ1n) is 5.43. The van der Waals surface area contributed by atoms with E-state index in [1.165, 1.54) is 6.42 Å². The largest absolute Gasteiger partial charge is 0.338 e. The van der Waals surface area contributed by atoms with Crippen LogP contribution in [0.1, 0.15) is 44.4 Å². The summed E-state index contributed by atoms with van der Waals surface area (Å²) in [5.74, 6) is 2.41. The van der Waals surface area contributed by atoms with Crippen LogP contribution in [0.15, 0.2) is 4.52 Å². The number of nitrogens with zero attached hydrogens (tertiary/aromatic N) is 2. The molecule has 5 heteroatoms. The van der Waals surface area contributed by atoms with Crippen LogP contribution in [0.5, 0.6) is 0 Å². The number of hydrogen-bond donors (Lipinski definition) is 1. The first kappa shape index (κ1) is 11.0. The Morgan fingerprint density at radius 3 is 3.13 bits per heavy atom. The van der Waals surface area contributed by atoms with Gasteiger partial charge in [0.15, 0.2) is 5.82 Å².